The van der Waals surface area contributed by atoms with Crippen molar-refractivity contribution in [1.82, 2.24) is 5.32 Å². The van der Waals surface area contributed by atoms with Gasteiger partial charge >= 0.3 is 6.09 Å². The van der Waals surface area contributed by atoms with Gasteiger partial charge in [-0.1, -0.05) is 36.4 Å². The zero-order valence-corrected chi connectivity index (χ0v) is 13.3. The first-order chi connectivity index (χ1) is 12.1. The van der Waals surface area contributed by atoms with Crippen LogP contribution in [0.25, 0.3) is 6.08 Å². The van der Waals surface area contributed by atoms with Crippen LogP contribution in [0, 0.1) is 11.7 Å². The lowest BCUT2D eigenvalue weighted by Crippen LogP contribution is -2.31. The highest BCUT2D eigenvalue weighted by atomic mass is 19.1. The minimum absolute atomic E-state index is 0.118. The molecule has 3 rings (SSSR count). The van der Waals surface area contributed by atoms with Crippen LogP contribution in [0.5, 0.6) is 5.75 Å². The molecule has 0 saturated heterocycles. The first-order valence-electron chi connectivity index (χ1n) is 7.82. The standard InChI is InChI=1S/C20H16FNO3/c21-16-9-6-14(7-10-16)12-18-15(8-11-19(18)23)13-22-20(24)25-17-4-2-1-3-5-17/h1-12,15H,13H2,(H,22,24)/b18-12+. The van der Waals surface area contributed by atoms with Crippen molar-refractivity contribution in [2.24, 2.45) is 5.92 Å². The Morgan fingerprint density at radius 3 is 2.56 bits per heavy atom. The number of halogens is 1. The molecule has 0 spiro atoms. The van der Waals surface area contributed by atoms with E-state index in [9.17, 15) is 14.0 Å². The molecule has 25 heavy (non-hydrogen) atoms. The maximum Gasteiger partial charge on any atom is 0.412 e. The van der Waals surface area contributed by atoms with Gasteiger partial charge in [0.25, 0.3) is 0 Å². The minimum Gasteiger partial charge on any atom is -0.410 e. The Kier molecular flexibility index (Phi) is 5.04. The number of rotatable bonds is 4. The SMILES string of the molecule is O=C(NCC1C=CC(=O)/C1=C/c1ccc(F)cc1)Oc1ccccc1. The van der Waals surface area contributed by atoms with Gasteiger partial charge in [0.2, 0.25) is 0 Å². The number of benzene rings is 2. The van der Waals surface area contributed by atoms with Crippen molar-refractivity contribution >= 4 is 18.0 Å². The maximum atomic E-state index is 13.0. The van der Waals surface area contributed by atoms with Gasteiger partial charge in [0.05, 0.1) is 0 Å². The Balaban J connectivity index is 1.62. The average Bonchev–Trinajstić information content (AvgIpc) is 2.96. The van der Waals surface area contributed by atoms with E-state index in [1.54, 1.807) is 48.6 Å². The van der Waals surface area contributed by atoms with Crippen molar-refractivity contribution in [2.45, 2.75) is 0 Å². The van der Waals surface area contributed by atoms with Crippen LogP contribution in [0.15, 0.2) is 72.3 Å². The van der Waals surface area contributed by atoms with Gasteiger partial charge < -0.3 is 10.1 Å². The van der Waals surface area contributed by atoms with Gasteiger partial charge in [-0.2, -0.15) is 0 Å². The third-order valence-electron chi connectivity index (χ3n) is 3.78. The van der Waals surface area contributed by atoms with Crippen molar-refractivity contribution in [3.63, 3.8) is 0 Å². The van der Waals surface area contributed by atoms with Crippen LogP contribution >= 0.6 is 0 Å². The van der Waals surface area contributed by atoms with E-state index in [2.05, 4.69) is 5.32 Å². The molecule has 0 bridgehead atoms. The van der Waals surface area contributed by atoms with Gasteiger partial charge in [-0.25, -0.2) is 9.18 Å². The van der Waals surface area contributed by atoms with E-state index >= 15 is 0 Å². The first kappa shape index (κ1) is 16.6. The van der Waals surface area contributed by atoms with Gasteiger partial charge in [0, 0.05) is 18.0 Å². The van der Waals surface area contributed by atoms with Gasteiger partial charge in [-0.05, 0) is 42.0 Å². The van der Waals surface area contributed by atoms with Crippen LogP contribution in [0.3, 0.4) is 0 Å². The molecule has 0 fully saturated rings. The lowest BCUT2D eigenvalue weighted by molar-refractivity contribution is -0.111. The summed E-state index contributed by atoms with van der Waals surface area (Å²) in [5.74, 6) is -0.256. The van der Waals surface area contributed by atoms with Crippen molar-refractivity contribution in [1.29, 1.82) is 0 Å². The van der Waals surface area contributed by atoms with Gasteiger partial charge in [0.1, 0.15) is 11.6 Å². The number of carbonyl (C=O) groups excluding carboxylic acids is 2. The van der Waals surface area contributed by atoms with Crippen LogP contribution in [0.1, 0.15) is 5.56 Å². The van der Waals surface area contributed by atoms with E-state index in [0.29, 0.717) is 11.3 Å². The highest BCUT2D eigenvalue weighted by molar-refractivity contribution is 6.10. The summed E-state index contributed by atoms with van der Waals surface area (Å²) >= 11 is 0. The number of para-hydroxylation sites is 1. The summed E-state index contributed by atoms with van der Waals surface area (Å²) in [4.78, 5) is 23.9. The fourth-order valence-electron chi connectivity index (χ4n) is 2.51. The number of allylic oxidation sites excluding steroid dienone is 1. The van der Waals surface area contributed by atoms with Crippen molar-refractivity contribution < 1.29 is 18.7 Å². The van der Waals surface area contributed by atoms with E-state index in [1.165, 1.54) is 18.2 Å². The molecule has 0 saturated carbocycles. The molecule has 2 aromatic rings. The smallest absolute Gasteiger partial charge is 0.410 e. The average molecular weight is 337 g/mol. The van der Waals surface area contributed by atoms with E-state index in [1.807, 2.05) is 6.07 Å². The molecule has 0 heterocycles. The molecule has 1 aliphatic carbocycles. The van der Waals surface area contributed by atoms with Crippen molar-refractivity contribution in [3.8, 4) is 5.75 Å². The number of hydrogen-bond donors (Lipinski definition) is 1. The maximum absolute atomic E-state index is 13.0. The molecule has 0 aliphatic heterocycles. The summed E-state index contributed by atoms with van der Waals surface area (Å²) < 4.78 is 18.1. The zero-order chi connectivity index (χ0) is 17.6. The number of nitrogens with one attached hydrogen (secondary N) is 1. The summed E-state index contributed by atoms with van der Waals surface area (Å²) in [5, 5.41) is 2.65. The molecule has 0 aromatic heterocycles. The predicted octanol–water partition coefficient (Wildman–Crippen LogP) is 3.75. The van der Waals surface area contributed by atoms with Gasteiger partial charge in [0.15, 0.2) is 5.78 Å². The van der Waals surface area contributed by atoms with Crippen LogP contribution < -0.4 is 10.1 Å². The molecule has 1 amide bonds. The van der Waals surface area contributed by atoms with Crippen LogP contribution in [-0.4, -0.2) is 18.4 Å². The fraction of sp³-hybridized carbons (Fsp3) is 0.100. The highest BCUT2D eigenvalue weighted by Gasteiger charge is 2.23. The minimum atomic E-state index is -0.583. The molecule has 1 unspecified atom stereocenters. The Morgan fingerprint density at radius 1 is 1.12 bits per heavy atom. The predicted molar refractivity (Wildman–Crippen MR) is 92.5 cm³/mol. The topological polar surface area (TPSA) is 55.4 Å². The monoisotopic (exact) mass is 337 g/mol. The van der Waals surface area contributed by atoms with Crippen molar-refractivity contribution in [3.05, 3.63) is 83.7 Å². The lowest BCUT2D eigenvalue weighted by Gasteiger charge is -2.12. The van der Waals surface area contributed by atoms with E-state index in [-0.39, 0.29) is 24.1 Å². The van der Waals surface area contributed by atoms with Crippen LogP contribution in [0.4, 0.5) is 9.18 Å². The summed E-state index contributed by atoms with van der Waals surface area (Å²) in [7, 11) is 0. The van der Waals surface area contributed by atoms with E-state index in [4.69, 9.17) is 4.74 Å². The van der Waals surface area contributed by atoms with Crippen LogP contribution in [0.2, 0.25) is 0 Å². The molecule has 126 valence electrons. The molecule has 1 atom stereocenters. The highest BCUT2D eigenvalue weighted by Crippen LogP contribution is 2.24. The third kappa shape index (κ3) is 4.41. The quantitative estimate of drug-likeness (QED) is 0.865. The molecule has 1 N–H and O–H groups in total. The normalized spacial score (nSPS) is 17.7. The molecule has 2 aromatic carbocycles. The Hall–Kier alpha value is -3.21. The molecule has 4 nitrogen and oxygen atoms in total. The summed E-state index contributed by atoms with van der Waals surface area (Å²) in [6, 6.07) is 14.6. The van der Waals surface area contributed by atoms with Gasteiger partial charge in [-0.15, -0.1) is 0 Å². The van der Waals surface area contributed by atoms with Crippen LogP contribution in [-0.2, 0) is 4.79 Å². The number of ether oxygens (including phenoxy) is 1. The fourth-order valence-corrected chi connectivity index (χ4v) is 2.51. The van der Waals surface area contributed by atoms with E-state index in [0.717, 1.165) is 5.56 Å². The number of ketones is 1. The summed E-state index contributed by atoms with van der Waals surface area (Å²) in [5.41, 5.74) is 1.27. The Labute approximate surface area is 144 Å². The van der Waals surface area contributed by atoms with E-state index < -0.39 is 6.09 Å². The molecule has 5 heteroatoms. The summed E-state index contributed by atoms with van der Waals surface area (Å²) in [6.45, 7) is 0.237. The molecular formula is C20H16FNO3. The number of hydrogen-bond acceptors (Lipinski definition) is 3. The molecular weight excluding hydrogens is 321 g/mol. The van der Waals surface area contributed by atoms with Gasteiger partial charge in [-0.3, -0.25) is 4.79 Å². The first-order valence-corrected chi connectivity index (χ1v) is 7.82. The molecule has 1 aliphatic rings. The Bertz CT molecular complexity index is 826. The lowest BCUT2D eigenvalue weighted by atomic mass is 9.99. The van der Waals surface area contributed by atoms with Crippen molar-refractivity contribution in [2.75, 3.05) is 6.54 Å². The third-order valence-corrected chi connectivity index (χ3v) is 3.78. The largest absolute Gasteiger partial charge is 0.412 e. The number of carbonyl (C=O) groups is 2. The number of amides is 1. The zero-order valence-electron chi connectivity index (χ0n) is 13.3. The molecule has 0 radical (unpaired) electrons. The second-order valence-corrected chi connectivity index (χ2v) is 5.56. The second kappa shape index (κ2) is 7.57. The Morgan fingerprint density at radius 2 is 1.84 bits per heavy atom. The second-order valence-electron chi connectivity index (χ2n) is 5.56. The summed E-state index contributed by atoms with van der Waals surface area (Å²) in [6.07, 6.45) is 4.33.